The van der Waals surface area contributed by atoms with Crippen LogP contribution in [-0.4, -0.2) is 31.3 Å². The van der Waals surface area contributed by atoms with Crippen molar-refractivity contribution in [2.24, 2.45) is 12.8 Å². The highest BCUT2D eigenvalue weighted by Gasteiger charge is 2.06. The Labute approximate surface area is 107 Å². The van der Waals surface area contributed by atoms with E-state index in [-0.39, 0.29) is 0 Å². The maximum atomic E-state index is 5.48. The lowest BCUT2D eigenvalue weighted by molar-refractivity contribution is 0.598. The molecule has 0 spiro atoms. The second kappa shape index (κ2) is 5.77. The van der Waals surface area contributed by atoms with Gasteiger partial charge in [0.25, 0.3) is 0 Å². The molecule has 0 saturated heterocycles. The summed E-state index contributed by atoms with van der Waals surface area (Å²) in [6.07, 6.45) is 4.77. The maximum Gasteiger partial charge on any atom is 0.0846 e. The Morgan fingerprint density at radius 2 is 2.17 bits per heavy atom. The fourth-order valence-corrected chi connectivity index (χ4v) is 1.87. The molecule has 2 rings (SSSR count). The van der Waals surface area contributed by atoms with Crippen LogP contribution in [0.3, 0.4) is 0 Å². The van der Waals surface area contributed by atoms with Gasteiger partial charge < -0.3 is 5.73 Å². The zero-order chi connectivity index (χ0) is 13.0. The van der Waals surface area contributed by atoms with Gasteiger partial charge in [-0.15, -0.1) is 5.10 Å². The fraction of sp³-hybridized carbons (Fsp3) is 0.583. The van der Waals surface area contributed by atoms with Gasteiger partial charge in [-0.05, 0) is 31.9 Å². The van der Waals surface area contributed by atoms with Crippen molar-refractivity contribution >= 4 is 0 Å². The average Bonchev–Trinajstić information content (AvgIpc) is 2.95. The SMILES string of the molecule is CCc1cc(Cn2cc(CCCN)nn2)n(C)n1. The Hall–Kier alpha value is -1.69. The standard InChI is InChI=1S/C12H20N6/c1-3-10-7-12(17(2)15-10)9-18-8-11(14-16-18)5-4-6-13/h7-8H,3-6,9,13H2,1-2H3. The Morgan fingerprint density at radius 1 is 1.33 bits per heavy atom. The van der Waals surface area contributed by atoms with Crippen molar-refractivity contribution < 1.29 is 0 Å². The van der Waals surface area contributed by atoms with Gasteiger partial charge >= 0.3 is 0 Å². The van der Waals surface area contributed by atoms with Crippen LogP contribution in [0.15, 0.2) is 12.3 Å². The first-order valence-electron chi connectivity index (χ1n) is 6.33. The van der Waals surface area contributed by atoms with Gasteiger partial charge in [0.05, 0.1) is 23.6 Å². The molecule has 0 atom stereocenters. The highest BCUT2D eigenvalue weighted by atomic mass is 15.4. The van der Waals surface area contributed by atoms with Gasteiger partial charge in [0.1, 0.15) is 0 Å². The number of nitrogens with two attached hydrogens (primary N) is 1. The molecular formula is C12H20N6. The zero-order valence-electron chi connectivity index (χ0n) is 11.0. The van der Waals surface area contributed by atoms with Crippen LogP contribution in [0.1, 0.15) is 30.4 Å². The molecule has 0 amide bonds. The zero-order valence-corrected chi connectivity index (χ0v) is 11.0. The second-order valence-electron chi connectivity index (χ2n) is 4.40. The lowest BCUT2D eigenvalue weighted by Crippen LogP contribution is -2.06. The van der Waals surface area contributed by atoms with Gasteiger partial charge in [-0.3, -0.25) is 4.68 Å². The molecule has 0 aliphatic rings. The summed E-state index contributed by atoms with van der Waals surface area (Å²) in [5, 5.41) is 12.7. The minimum atomic E-state index is 0.689. The highest BCUT2D eigenvalue weighted by Crippen LogP contribution is 2.06. The van der Waals surface area contributed by atoms with E-state index in [1.807, 2.05) is 22.6 Å². The summed E-state index contributed by atoms with van der Waals surface area (Å²) in [4.78, 5) is 0. The largest absolute Gasteiger partial charge is 0.330 e. The van der Waals surface area contributed by atoms with E-state index < -0.39 is 0 Å². The van der Waals surface area contributed by atoms with Gasteiger partial charge in [0.15, 0.2) is 0 Å². The molecule has 2 aromatic rings. The second-order valence-corrected chi connectivity index (χ2v) is 4.40. The summed E-state index contributed by atoms with van der Waals surface area (Å²) in [7, 11) is 1.96. The molecule has 0 aliphatic carbocycles. The van der Waals surface area contributed by atoms with E-state index in [4.69, 9.17) is 5.73 Å². The van der Waals surface area contributed by atoms with Crippen molar-refractivity contribution in [3.8, 4) is 0 Å². The first kappa shape index (κ1) is 12.8. The normalized spacial score (nSPS) is 11.1. The van der Waals surface area contributed by atoms with E-state index in [9.17, 15) is 0 Å². The Kier molecular flexibility index (Phi) is 4.09. The number of aryl methyl sites for hydroxylation is 3. The molecule has 18 heavy (non-hydrogen) atoms. The summed E-state index contributed by atoms with van der Waals surface area (Å²) in [5.41, 5.74) is 8.72. The Balaban J connectivity index is 2.04. The summed E-state index contributed by atoms with van der Waals surface area (Å²) >= 11 is 0. The molecule has 2 N–H and O–H groups in total. The molecule has 98 valence electrons. The molecule has 0 fully saturated rings. The van der Waals surface area contributed by atoms with Gasteiger partial charge in [-0.1, -0.05) is 12.1 Å². The van der Waals surface area contributed by atoms with Gasteiger partial charge in [-0.2, -0.15) is 5.10 Å². The molecule has 0 unspecified atom stereocenters. The molecule has 6 nitrogen and oxygen atoms in total. The number of nitrogens with zero attached hydrogens (tertiary/aromatic N) is 5. The van der Waals surface area contributed by atoms with E-state index in [1.165, 1.54) is 0 Å². The lowest BCUT2D eigenvalue weighted by atomic mass is 10.2. The van der Waals surface area contributed by atoms with Crippen LogP contribution in [0.2, 0.25) is 0 Å². The lowest BCUT2D eigenvalue weighted by Gasteiger charge is -2.00. The molecule has 0 saturated carbocycles. The monoisotopic (exact) mass is 248 g/mol. The van der Waals surface area contributed by atoms with E-state index in [0.29, 0.717) is 13.1 Å². The molecule has 2 aromatic heterocycles. The molecule has 0 aromatic carbocycles. The van der Waals surface area contributed by atoms with Crippen LogP contribution in [-0.2, 0) is 26.4 Å². The van der Waals surface area contributed by atoms with Crippen LogP contribution in [0.25, 0.3) is 0 Å². The number of rotatable bonds is 6. The van der Waals surface area contributed by atoms with Crippen LogP contribution >= 0.6 is 0 Å². The number of hydrogen-bond donors (Lipinski definition) is 1. The predicted octanol–water partition coefficient (Wildman–Crippen LogP) is 0.514. The Bertz CT molecular complexity index is 498. The smallest absolute Gasteiger partial charge is 0.0846 e. The summed E-state index contributed by atoms with van der Waals surface area (Å²) in [5.74, 6) is 0. The van der Waals surface area contributed by atoms with Crippen LogP contribution in [0.4, 0.5) is 0 Å². The minimum absolute atomic E-state index is 0.689. The molecule has 0 radical (unpaired) electrons. The van der Waals surface area contributed by atoms with Crippen LogP contribution < -0.4 is 5.73 Å². The third kappa shape index (κ3) is 2.95. The minimum Gasteiger partial charge on any atom is -0.330 e. The first-order chi connectivity index (χ1) is 8.72. The van der Waals surface area contributed by atoms with Gasteiger partial charge in [0, 0.05) is 13.2 Å². The van der Waals surface area contributed by atoms with Crippen molar-refractivity contribution in [2.45, 2.75) is 32.7 Å². The third-order valence-electron chi connectivity index (χ3n) is 2.94. The van der Waals surface area contributed by atoms with Crippen LogP contribution in [0, 0.1) is 0 Å². The van der Waals surface area contributed by atoms with E-state index in [0.717, 1.165) is 36.3 Å². The van der Waals surface area contributed by atoms with Crippen molar-refractivity contribution in [1.82, 2.24) is 24.8 Å². The summed E-state index contributed by atoms with van der Waals surface area (Å²) < 4.78 is 3.75. The average molecular weight is 248 g/mol. The van der Waals surface area contributed by atoms with Gasteiger partial charge in [0.2, 0.25) is 0 Å². The molecule has 2 heterocycles. The van der Waals surface area contributed by atoms with Crippen molar-refractivity contribution in [1.29, 1.82) is 0 Å². The Morgan fingerprint density at radius 3 is 2.83 bits per heavy atom. The van der Waals surface area contributed by atoms with Crippen molar-refractivity contribution in [3.63, 3.8) is 0 Å². The van der Waals surface area contributed by atoms with E-state index in [1.54, 1.807) is 0 Å². The van der Waals surface area contributed by atoms with Gasteiger partial charge in [-0.25, -0.2) is 4.68 Å². The van der Waals surface area contributed by atoms with E-state index in [2.05, 4.69) is 28.4 Å². The predicted molar refractivity (Wildman–Crippen MR) is 69.1 cm³/mol. The maximum absolute atomic E-state index is 5.48. The van der Waals surface area contributed by atoms with Crippen LogP contribution in [0.5, 0.6) is 0 Å². The quantitative estimate of drug-likeness (QED) is 0.808. The number of aromatic nitrogens is 5. The summed E-state index contributed by atoms with van der Waals surface area (Å²) in [6.45, 7) is 3.50. The molecule has 0 aliphatic heterocycles. The van der Waals surface area contributed by atoms with Crippen molar-refractivity contribution in [2.75, 3.05) is 6.54 Å². The molecule has 6 heteroatoms. The highest BCUT2D eigenvalue weighted by molar-refractivity contribution is 5.10. The molecular weight excluding hydrogens is 228 g/mol. The first-order valence-corrected chi connectivity index (χ1v) is 6.33. The fourth-order valence-electron chi connectivity index (χ4n) is 1.87. The van der Waals surface area contributed by atoms with E-state index >= 15 is 0 Å². The number of hydrogen-bond acceptors (Lipinski definition) is 4. The topological polar surface area (TPSA) is 74.6 Å². The van der Waals surface area contributed by atoms with Crippen molar-refractivity contribution in [3.05, 3.63) is 29.3 Å². The summed E-state index contributed by atoms with van der Waals surface area (Å²) in [6, 6.07) is 2.11. The third-order valence-corrected chi connectivity index (χ3v) is 2.94. The molecule has 0 bridgehead atoms.